The summed E-state index contributed by atoms with van der Waals surface area (Å²) in [5, 5.41) is 7.24. The van der Waals surface area contributed by atoms with Gasteiger partial charge in [0.1, 0.15) is 17.3 Å². The highest BCUT2D eigenvalue weighted by atomic mass is 16.5. The number of pyridine rings is 1. The monoisotopic (exact) mass is 632 g/mol. The molecule has 3 heterocycles. The van der Waals surface area contributed by atoms with E-state index in [0.717, 1.165) is 46.0 Å². The Hall–Kier alpha value is -5.16. The normalized spacial score (nSPS) is 11.9. The van der Waals surface area contributed by atoms with Crippen LogP contribution in [0.4, 0.5) is 0 Å². The van der Waals surface area contributed by atoms with Gasteiger partial charge in [0.25, 0.3) is 0 Å². The van der Waals surface area contributed by atoms with Crippen molar-refractivity contribution in [2.45, 2.75) is 74.1 Å². The van der Waals surface area contributed by atoms with E-state index in [1.165, 1.54) is 55.3 Å². The van der Waals surface area contributed by atoms with E-state index >= 15 is 0 Å². The van der Waals surface area contributed by atoms with E-state index in [4.69, 9.17) is 14.8 Å². The summed E-state index contributed by atoms with van der Waals surface area (Å²) >= 11 is 0. The van der Waals surface area contributed by atoms with Gasteiger partial charge in [0.05, 0.1) is 22.9 Å². The molecule has 0 spiro atoms. The van der Waals surface area contributed by atoms with E-state index in [1.807, 2.05) is 17.1 Å². The fourth-order valence-electron chi connectivity index (χ4n) is 6.93. The highest BCUT2D eigenvalue weighted by molar-refractivity contribution is 6.09. The molecule has 0 atom stereocenters. The largest absolute Gasteiger partial charge is 0.457 e. The number of para-hydroxylation sites is 1. The van der Waals surface area contributed by atoms with Crippen molar-refractivity contribution in [2.24, 2.45) is 0 Å². The first kappa shape index (κ1) is 31.4. The Morgan fingerprint density at radius 1 is 0.708 bits per heavy atom. The topological polar surface area (TPSA) is 44.9 Å². The number of aromatic nitrogens is 4. The number of hydrogen-bond acceptors (Lipinski definition) is 3. The van der Waals surface area contributed by atoms with Gasteiger partial charge < -0.3 is 4.74 Å². The van der Waals surface area contributed by atoms with Gasteiger partial charge in [-0.05, 0) is 133 Å². The first-order valence-electron chi connectivity index (χ1n) is 16.9. The minimum atomic E-state index is -0.0885. The van der Waals surface area contributed by atoms with Gasteiger partial charge in [-0.15, -0.1) is 0 Å². The fraction of sp³-hybridized carbons (Fsp3) is 0.256. The predicted octanol–water partition coefficient (Wildman–Crippen LogP) is 11.2. The quantitative estimate of drug-likeness (QED) is 0.183. The van der Waals surface area contributed by atoms with Crippen molar-refractivity contribution in [1.29, 1.82) is 0 Å². The Kier molecular flexibility index (Phi) is 7.74. The average Bonchev–Trinajstić information content (AvgIpc) is 3.69. The first-order chi connectivity index (χ1) is 22.9. The van der Waals surface area contributed by atoms with Crippen molar-refractivity contribution in [1.82, 2.24) is 19.3 Å². The Labute approximate surface area is 283 Å². The molecule has 5 nitrogen and oxygen atoms in total. The second-order valence-electron chi connectivity index (χ2n) is 14.1. The molecule has 48 heavy (non-hydrogen) atoms. The van der Waals surface area contributed by atoms with Crippen molar-refractivity contribution in [3.8, 4) is 34.1 Å². The number of rotatable bonds is 6. The average molecular weight is 633 g/mol. The smallest absolute Gasteiger partial charge is 0.137 e. The molecule has 0 aliphatic rings. The van der Waals surface area contributed by atoms with Crippen LogP contribution in [0.2, 0.25) is 0 Å². The third kappa shape index (κ3) is 5.37. The van der Waals surface area contributed by atoms with Gasteiger partial charge in [-0.1, -0.05) is 45.9 Å². The number of ether oxygens (including phenoxy) is 1. The minimum absolute atomic E-state index is 0.0885. The Morgan fingerprint density at radius 2 is 1.42 bits per heavy atom. The molecule has 0 radical (unpaired) electrons. The third-order valence-corrected chi connectivity index (χ3v) is 10.2. The molecule has 7 aromatic rings. The van der Waals surface area contributed by atoms with Crippen LogP contribution in [-0.2, 0) is 11.8 Å². The lowest BCUT2D eigenvalue weighted by molar-refractivity contribution is 0.478. The summed E-state index contributed by atoms with van der Waals surface area (Å²) in [6, 6.07) is 25.6. The van der Waals surface area contributed by atoms with Gasteiger partial charge in [0.2, 0.25) is 0 Å². The number of benzene rings is 4. The molecule has 0 bridgehead atoms. The summed E-state index contributed by atoms with van der Waals surface area (Å²) in [7, 11) is 0. The summed E-state index contributed by atoms with van der Waals surface area (Å²) in [6.45, 7) is 20.0. The van der Waals surface area contributed by atoms with Crippen LogP contribution in [0, 0.1) is 34.6 Å². The molecule has 5 heteroatoms. The maximum absolute atomic E-state index is 6.72. The molecule has 0 N–H and O–H groups in total. The summed E-state index contributed by atoms with van der Waals surface area (Å²) in [6.07, 6.45) is 6.99. The van der Waals surface area contributed by atoms with Crippen molar-refractivity contribution in [3.63, 3.8) is 0 Å². The minimum Gasteiger partial charge on any atom is -0.457 e. The molecule has 242 valence electrons. The van der Waals surface area contributed by atoms with Crippen molar-refractivity contribution >= 4 is 21.8 Å². The van der Waals surface area contributed by atoms with Crippen LogP contribution >= 0.6 is 0 Å². The second-order valence-corrected chi connectivity index (χ2v) is 14.1. The Morgan fingerprint density at radius 3 is 2.15 bits per heavy atom. The standard InChI is InChI=1S/C43H44N4O/c1-10-31-17-18-44-41(19-31)47-39-14-12-11-13-37(39)38-16-15-35(23-40(38)47)48-36-21-33(43(7,8)9)20-34(22-36)46-25-32(24-45-46)42-29(5)27(3)26(2)28(4)30(42)6/h11-25H,10H2,1-9H3. The molecule has 0 amide bonds. The van der Waals surface area contributed by atoms with E-state index in [2.05, 4.69) is 146 Å². The number of aryl methyl sites for hydroxylation is 1. The molecule has 0 unspecified atom stereocenters. The molecule has 3 aromatic heterocycles. The summed E-state index contributed by atoms with van der Waals surface area (Å²) in [4.78, 5) is 4.79. The predicted molar refractivity (Wildman–Crippen MR) is 199 cm³/mol. The fourth-order valence-corrected chi connectivity index (χ4v) is 6.93. The van der Waals surface area contributed by atoms with E-state index in [9.17, 15) is 0 Å². The van der Waals surface area contributed by atoms with Crippen LogP contribution in [0.15, 0.2) is 91.4 Å². The zero-order valence-electron chi connectivity index (χ0n) is 29.6. The Balaban J connectivity index is 1.32. The summed E-state index contributed by atoms with van der Waals surface area (Å²) < 4.78 is 10.9. The molecular weight excluding hydrogens is 589 g/mol. The molecule has 0 aliphatic carbocycles. The zero-order valence-corrected chi connectivity index (χ0v) is 29.6. The van der Waals surface area contributed by atoms with Gasteiger partial charge in [-0.3, -0.25) is 4.57 Å². The van der Waals surface area contributed by atoms with Crippen LogP contribution < -0.4 is 4.74 Å². The molecule has 0 aliphatic heterocycles. The summed E-state index contributed by atoms with van der Waals surface area (Å²) in [5.41, 5.74) is 14.6. The van der Waals surface area contributed by atoms with Gasteiger partial charge in [0.15, 0.2) is 0 Å². The van der Waals surface area contributed by atoms with Crippen LogP contribution in [-0.4, -0.2) is 19.3 Å². The number of fused-ring (bicyclic) bond motifs is 3. The maximum atomic E-state index is 6.72. The van der Waals surface area contributed by atoms with Gasteiger partial charge in [-0.25, -0.2) is 9.67 Å². The molecular formula is C43H44N4O. The van der Waals surface area contributed by atoms with Crippen LogP contribution in [0.3, 0.4) is 0 Å². The molecule has 0 fully saturated rings. The van der Waals surface area contributed by atoms with Gasteiger partial charge in [-0.2, -0.15) is 5.10 Å². The lowest BCUT2D eigenvalue weighted by Crippen LogP contribution is -2.12. The lowest BCUT2D eigenvalue weighted by atomic mass is 9.86. The molecule has 0 saturated heterocycles. The highest BCUT2D eigenvalue weighted by Crippen LogP contribution is 2.38. The first-order valence-corrected chi connectivity index (χ1v) is 16.9. The zero-order chi connectivity index (χ0) is 33.9. The van der Waals surface area contributed by atoms with E-state index in [1.54, 1.807) is 0 Å². The third-order valence-electron chi connectivity index (χ3n) is 10.2. The van der Waals surface area contributed by atoms with Crippen LogP contribution in [0.1, 0.15) is 66.6 Å². The van der Waals surface area contributed by atoms with Gasteiger partial charge >= 0.3 is 0 Å². The number of nitrogens with zero attached hydrogens (tertiary/aromatic N) is 4. The van der Waals surface area contributed by atoms with Crippen molar-refractivity contribution in [2.75, 3.05) is 0 Å². The SMILES string of the molecule is CCc1ccnc(-n2c3ccccc3c3ccc(Oc4cc(-n5cc(-c6c(C)c(C)c(C)c(C)c6C)cn5)cc(C(C)(C)C)c4)cc32)c1. The maximum Gasteiger partial charge on any atom is 0.137 e. The van der Waals surface area contributed by atoms with E-state index in [-0.39, 0.29) is 5.41 Å². The van der Waals surface area contributed by atoms with Crippen LogP contribution in [0.5, 0.6) is 11.5 Å². The Bertz CT molecular complexity index is 2320. The summed E-state index contributed by atoms with van der Waals surface area (Å²) in [5.74, 6) is 2.46. The number of hydrogen-bond donors (Lipinski definition) is 0. The van der Waals surface area contributed by atoms with Crippen molar-refractivity contribution < 1.29 is 4.74 Å². The van der Waals surface area contributed by atoms with Crippen molar-refractivity contribution in [3.05, 3.63) is 130 Å². The van der Waals surface area contributed by atoms with E-state index in [0.29, 0.717) is 0 Å². The lowest BCUT2D eigenvalue weighted by Gasteiger charge is -2.21. The molecule has 4 aromatic carbocycles. The van der Waals surface area contributed by atoms with E-state index < -0.39 is 0 Å². The molecule has 0 saturated carbocycles. The van der Waals surface area contributed by atoms with Gasteiger partial charge in [0, 0.05) is 40.9 Å². The second kappa shape index (κ2) is 11.8. The highest BCUT2D eigenvalue weighted by Gasteiger charge is 2.20. The molecule has 7 rings (SSSR count). The van der Waals surface area contributed by atoms with Crippen LogP contribution in [0.25, 0.3) is 44.4 Å².